The third kappa shape index (κ3) is 3.13. The van der Waals surface area contributed by atoms with Crippen molar-refractivity contribution in [2.24, 2.45) is 5.41 Å². The number of allylic oxidation sites excluding steroid dienone is 4. The molecular formula is C18H21BrO2. The van der Waals surface area contributed by atoms with Crippen molar-refractivity contribution < 1.29 is 9.53 Å². The van der Waals surface area contributed by atoms with Gasteiger partial charge >= 0.3 is 5.97 Å². The maximum absolute atomic E-state index is 12.2. The number of benzene rings is 1. The lowest BCUT2D eigenvalue weighted by Gasteiger charge is -2.39. The summed E-state index contributed by atoms with van der Waals surface area (Å²) in [6.45, 7) is 6.08. The van der Waals surface area contributed by atoms with Crippen molar-refractivity contribution in [1.29, 1.82) is 0 Å². The largest absolute Gasteiger partial charge is 0.466 e. The van der Waals surface area contributed by atoms with Gasteiger partial charge in [-0.15, -0.1) is 0 Å². The number of carbonyl (C=O) groups is 1. The second-order valence-corrected chi connectivity index (χ2v) is 7.19. The van der Waals surface area contributed by atoms with Crippen molar-refractivity contribution in [3.8, 4) is 0 Å². The first kappa shape index (κ1) is 16.0. The maximum Gasteiger partial charge on any atom is 0.313 e. The van der Waals surface area contributed by atoms with E-state index in [4.69, 9.17) is 4.74 Å². The Hall–Kier alpha value is -1.35. The first-order valence-corrected chi connectivity index (χ1v) is 8.01. The van der Waals surface area contributed by atoms with Crippen LogP contribution in [-0.4, -0.2) is 16.9 Å². The summed E-state index contributed by atoms with van der Waals surface area (Å²) in [6, 6.07) is 10.3. The van der Waals surface area contributed by atoms with E-state index in [1.807, 2.05) is 39.0 Å². The molecule has 0 heterocycles. The first-order valence-electron chi connectivity index (χ1n) is 7.21. The van der Waals surface area contributed by atoms with Crippen LogP contribution in [0.5, 0.6) is 0 Å². The van der Waals surface area contributed by atoms with Gasteiger partial charge in [0.1, 0.15) is 0 Å². The molecule has 2 nitrogen and oxygen atoms in total. The Kier molecular flexibility index (Phi) is 4.72. The molecule has 0 amide bonds. The van der Waals surface area contributed by atoms with E-state index in [0.29, 0.717) is 6.61 Å². The minimum absolute atomic E-state index is 0.178. The number of hydrogen-bond donors (Lipinski definition) is 0. The van der Waals surface area contributed by atoms with Gasteiger partial charge in [-0.05, 0) is 38.3 Å². The summed E-state index contributed by atoms with van der Waals surface area (Å²) in [5, 5.41) is 0. The second-order valence-electron chi connectivity index (χ2n) is 5.77. The highest BCUT2D eigenvalue weighted by atomic mass is 79.9. The smallest absolute Gasteiger partial charge is 0.313 e. The zero-order chi connectivity index (χ0) is 15.5. The molecule has 0 aromatic heterocycles. The molecule has 2 rings (SSSR count). The van der Waals surface area contributed by atoms with Crippen LogP contribution in [0.4, 0.5) is 0 Å². The van der Waals surface area contributed by atoms with Crippen LogP contribution in [0.1, 0.15) is 32.8 Å². The van der Waals surface area contributed by atoms with Gasteiger partial charge in [-0.2, -0.15) is 0 Å². The molecule has 21 heavy (non-hydrogen) atoms. The Bertz CT molecular complexity index is 572. The molecule has 1 aliphatic rings. The lowest BCUT2D eigenvalue weighted by atomic mass is 9.74. The fourth-order valence-electron chi connectivity index (χ4n) is 2.41. The number of halogens is 1. The normalized spacial score (nSPS) is 21.8. The van der Waals surface area contributed by atoms with Gasteiger partial charge in [-0.3, -0.25) is 4.79 Å². The van der Waals surface area contributed by atoms with E-state index in [-0.39, 0.29) is 5.97 Å². The summed E-state index contributed by atoms with van der Waals surface area (Å²) in [7, 11) is 0. The van der Waals surface area contributed by atoms with Crippen LogP contribution < -0.4 is 0 Å². The van der Waals surface area contributed by atoms with E-state index < -0.39 is 9.74 Å². The molecule has 1 aliphatic carbocycles. The van der Waals surface area contributed by atoms with Crippen molar-refractivity contribution >= 4 is 27.5 Å². The summed E-state index contributed by atoms with van der Waals surface area (Å²) in [5.41, 5.74) is 1.75. The van der Waals surface area contributed by atoms with E-state index in [9.17, 15) is 4.79 Å². The molecule has 0 saturated heterocycles. The molecule has 0 aliphatic heterocycles. The molecule has 1 aromatic rings. The molecule has 112 valence electrons. The number of esters is 1. The van der Waals surface area contributed by atoms with Gasteiger partial charge in [0.2, 0.25) is 0 Å². The standard InChI is InChI=1S/C18H21BrO2/c1-4-21-16(20)17(2,3)18(19)12-10-15(11-13-18)14-8-6-5-7-9-14/h5-12H,4,13H2,1-3H3. The number of ether oxygens (including phenoxy) is 1. The molecule has 3 heteroatoms. The summed E-state index contributed by atoms with van der Waals surface area (Å²) in [6.07, 6.45) is 7.07. The number of carbonyl (C=O) groups excluding carboxylic acids is 1. The van der Waals surface area contributed by atoms with Gasteiger partial charge < -0.3 is 4.74 Å². The van der Waals surface area contributed by atoms with Gasteiger partial charge in [-0.25, -0.2) is 0 Å². The summed E-state index contributed by atoms with van der Waals surface area (Å²) in [5.74, 6) is -0.178. The average Bonchev–Trinajstić information content (AvgIpc) is 2.49. The molecule has 0 spiro atoms. The second kappa shape index (κ2) is 6.18. The lowest BCUT2D eigenvalue weighted by molar-refractivity contribution is -0.154. The predicted molar refractivity (Wildman–Crippen MR) is 90.2 cm³/mol. The highest BCUT2D eigenvalue weighted by molar-refractivity contribution is 9.10. The Balaban J connectivity index is 2.21. The Morgan fingerprint density at radius 1 is 1.33 bits per heavy atom. The quantitative estimate of drug-likeness (QED) is 0.579. The van der Waals surface area contributed by atoms with Crippen LogP contribution in [0.25, 0.3) is 5.57 Å². The highest BCUT2D eigenvalue weighted by Crippen LogP contribution is 2.46. The Morgan fingerprint density at radius 2 is 2.00 bits per heavy atom. The van der Waals surface area contributed by atoms with Crippen LogP contribution in [0.3, 0.4) is 0 Å². The Morgan fingerprint density at radius 3 is 2.52 bits per heavy atom. The van der Waals surface area contributed by atoms with Gasteiger partial charge in [0.15, 0.2) is 0 Å². The van der Waals surface area contributed by atoms with Gasteiger partial charge in [-0.1, -0.05) is 64.5 Å². The topological polar surface area (TPSA) is 26.3 Å². The van der Waals surface area contributed by atoms with Gasteiger partial charge in [0.25, 0.3) is 0 Å². The summed E-state index contributed by atoms with van der Waals surface area (Å²) in [4.78, 5) is 12.2. The van der Waals surface area contributed by atoms with E-state index in [2.05, 4.69) is 46.3 Å². The van der Waals surface area contributed by atoms with Crippen LogP contribution in [0.15, 0.2) is 48.6 Å². The minimum Gasteiger partial charge on any atom is -0.466 e. The van der Waals surface area contributed by atoms with Crippen LogP contribution in [0, 0.1) is 5.41 Å². The van der Waals surface area contributed by atoms with E-state index in [0.717, 1.165) is 6.42 Å². The van der Waals surface area contributed by atoms with Crippen molar-refractivity contribution in [2.75, 3.05) is 6.61 Å². The minimum atomic E-state index is -0.627. The van der Waals surface area contributed by atoms with E-state index >= 15 is 0 Å². The first-order chi connectivity index (χ1) is 9.90. The van der Waals surface area contributed by atoms with E-state index in [1.165, 1.54) is 11.1 Å². The third-order valence-corrected chi connectivity index (χ3v) is 5.66. The van der Waals surface area contributed by atoms with Crippen LogP contribution >= 0.6 is 15.9 Å². The van der Waals surface area contributed by atoms with Crippen molar-refractivity contribution in [3.63, 3.8) is 0 Å². The van der Waals surface area contributed by atoms with Gasteiger partial charge in [0.05, 0.1) is 16.3 Å². The average molecular weight is 349 g/mol. The zero-order valence-electron chi connectivity index (χ0n) is 12.7. The molecule has 0 radical (unpaired) electrons. The summed E-state index contributed by atoms with van der Waals surface area (Å²) >= 11 is 3.76. The van der Waals surface area contributed by atoms with Crippen LogP contribution in [-0.2, 0) is 9.53 Å². The molecule has 1 unspecified atom stereocenters. The van der Waals surface area contributed by atoms with Crippen molar-refractivity contribution in [2.45, 2.75) is 31.5 Å². The predicted octanol–water partition coefficient (Wildman–Crippen LogP) is 4.75. The lowest BCUT2D eigenvalue weighted by Crippen LogP contribution is -2.45. The van der Waals surface area contributed by atoms with Crippen LogP contribution in [0.2, 0.25) is 0 Å². The molecule has 0 N–H and O–H groups in total. The molecule has 0 saturated carbocycles. The number of hydrogen-bond acceptors (Lipinski definition) is 2. The fourth-order valence-corrected chi connectivity index (χ4v) is 2.86. The van der Waals surface area contributed by atoms with Crippen molar-refractivity contribution in [1.82, 2.24) is 0 Å². The molecule has 1 atom stereocenters. The summed E-state index contributed by atoms with van der Waals surface area (Å²) < 4.78 is 4.80. The highest BCUT2D eigenvalue weighted by Gasteiger charge is 2.47. The SMILES string of the molecule is CCOC(=O)C(C)(C)C1(Br)C=CC(c2ccccc2)=CC1. The Labute approximate surface area is 135 Å². The van der Waals surface area contributed by atoms with Gasteiger partial charge in [0, 0.05) is 0 Å². The number of rotatable bonds is 4. The molecule has 0 bridgehead atoms. The molecular weight excluding hydrogens is 328 g/mol. The zero-order valence-corrected chi connectivity index (χ0v) is 14.3. The van der Waals surface area contributed by atoms with E-state index in [1.54, 1.807) is 0 Å². The maximum atomic E-state index is 12.2. The fraction of sp³-hybridized carbons (Fsp3) is 0.389. The number of alkyl halides is 1. The molecule has 1 aromatic carbocycles. The molecule has 0 fully saturated rings. The monoisotopic (exact) mass is 348 g/mol. The van der Waals surface area contributed by atoms with Crippen molar-refractivity contribution in [3.05, 3.63) is 54.1 Å². The third-order valence-electron chi connectivity index (χ3n) is 4.08.